The lowest BCUT2D eigenvalue weighted by Gasteiger charge is -2.40. The SMILES string of the molecule is CCNC(=NCC(O)Cc1ccccc1)NC1CC2CCC(C1)N2C(=O)OC(C)(C)C.I. The van der Waals surface area contributed by atoms with E-state index < -0.39 is 11.7 Å². The van der Waals surface area contributed by atoms with E-state index >= 15 is 0 Å². The van der Waals surface area contributed by atoms with Crippen LogP contribution in [-0.2, 0) is 11.2 Å². The van der Waals surface area contributed by atoms with Crippen LogP contribution in [-0.4, -0.2) is 65.0 Å². The van der Waals surface area contributed by atoms with Crippen molar-refractivity contribution in [3.8, 4) is 0 Å². The Hall–Kier alpha value is -1.55. The minimum atomic E-state index is -0.525. The van der Waals surface area contributed by atoms with Crippen LogP contribution in [0.25, 0.3) is 0 Å². The molecular weight excluding hydrogens is 519 g/mol. The van der Waals surface area contributed by atoms with Crippen LogP contribution in [0.15, 0.2) is 35.3 Å². The Morgan fingerprint density at radius 3 is 2.41 bits per heavy atom. The van der Waals surface area contributed by atoms with Gasteiger partial charge in [-0.05, 0) is 58.9 Å². The van der Waals surface area contributed by atoms with Gasteiger partial charge in [-0.3, -0.25) is 4.99 Å². The minimum absolute atomic E-state index is 0. The van der Waals surface area contributed by atoms with Crippen LogP contribution in [0.2, 0.25) is 0 Å². The van der Waals surface area contributed by atoms with Crippen molar-refractivity contribution >= 4 is 36.0 Å². The van der Waals surface area contributed by atoms with Gasteiger partial charge >= 0.3 is 6.09 Å². The molecule has 7 nitrogen and oxygen atoms in total. The molecule has 3 unspecified atom stereocenters. The molecule has 2 aliphatic heterocycles. The molecule has 2 aliphatic rings. The number of hydrogen-bond donors (Lipinski definition) is 3. The molecular formula is C24H39IN4O3. The zero-order valence-corrected chi connectivity index (χ0v) is 22.0. The van der Waals surface area contributed by atoms with E-state index in [1.165, 1.54) is 0 Å². The van der Waals surface area contributed by atoms with Gasteiger partial charge in [0.05, 0.1) is 12.6 Å². The average molecular weight is 559 g/mol. The summed E-state index contributed by atoms with van der Waals surface area (Å²) in [4.78, 5) is 19.2. The highest BCUT2D eigenvalue weighted by atomic mass is 127. The van der Waals surface area contributed by atoms with Crippen LogP contribution in [0.3, 0.4) is 0 Å². The highest BCUT2D eigenvalue weighted by Crippen LogP contribution is 2.36. The molecule has 1 amide bonds. The van der Waals surface area contributed by atoms with Gasteiger partial charge in [0.25, 0.3) is 0 Å². The van der Waals surface area contributed by atoms with Crippen molar-refractivity contribution in [2.24, 2.45) is 4.99 Å². The van der Waals surface area contributed by atoms with Crippen molar-refractivity contribution < 1.29 is 14.6 Å². The quantitative estimate of drug-likeness (QED) is 0.282. The van der Waals surface area contributed by atoms with Crippen molar-refractivity contribution in [2.45, 2.75) is 89.6 Å². The lowest BCUT2D eigenvalue weighted by atomic mass is 9.98. The third-order valence-electron chi connectivity index (χ3n) is 5.80. The molecule has 2 bridgehead atoms. The Labute approximate surface area is 209 Å². The van der Waals surface area contributed by atoms with Crippen LogP contribution in [0, 0.1) is 0 Å². The van der Waals surface area contributed by atoms with Crippen LogP contribution in [0.5, 0.6) is 0 Å². The molecule has 0 radical (unpaired) electrons. The topological polar surface area (TPSA) is 86.2 Å². The van der Waals surface area contributed by atoms with Gasteiger partial charge < -0.3 is 25.4 Å². The number of aliphatic imine (C=N–C) groups is 1. The Balaban J connectivity index is 0.00000363. The van der Waals surface area contributed by atoms with Crippen molar-refractivity contribution in [3.63, 3.8) is 0 Å². The van der Waals surface area contributed by atoms with E-state index in [2.05, 4.69) is 15.6 Å². The Kier molecular flexibility index (Phi) is 10.1. The van der Waals surface area contributed by atoms with Crippen LogP contribution >= 0.6 is 24.0 Å². The van der Waals surface area contributed by atoms with Gasteiger partial charge in [0.1, 0.15) is 5.60 Å². The van der Waals surface area contributed by atoms with Crippen molar-refractivity contribution in [2.75, 3.05) is 13.1 Å². The molecule has 2 saturated heterocycles. The molecule has 0 aromatic heterocycles. The summed E-state index contributed by atoms with van der Waals surface area (Å²) in [5.74, 6) is 0.727. The van der Waals surface area contributed by atoms with Gasteiger partial charge in [0.15, 0.2) is 5.96 Å². The smallest absolute Gasteiger partial charge is 0.410 e. The van der Waals surface area contributed by atoms with Gasteiger partial charge in [-0.15, -0.1) is 24.0 Å². The zero-order chi connectivity index (χ0) is 22.4. The minimum Gasteiger partial charge on any atom is -0.444 e. The van der Waals surface area contributed by atoms with Crippen molar-refractivity contribution in [1.82, 2.24) is 15.5 Å². The second-order valence-corrected chi connectivity index (χ2v) is 9.65. The van der Waals surface area contributed by atoms with E-state index in [-0.39, 0.29) is 48.2 Å². The number of carbonyl (C=O) groups is 1. The fourth-order valence-corrected chi connectivity index (χ4v) is 4.57. The summed E-state index contributed by atoms with van der Waals surface area (Å²) in [5, 5.41) is 17.2. The molecule has 8 heteroatoms. The number of amides is 1. The molecule has 1 aromatic rings. The van der Waals surface area contributed by atoms with E-state index in [9.17, 15) is 9.90 Å². The summed E-state index contributed by atoms with van der Waals surface area (Å²) in [7, 11) is 0. The molecule has 2 heterocycles. The first kappa shape index (κ1) is 26.7. The number of nitrogens with one attached hydrogen (secondary N) is 2. The molecule has 32 heavy (non-hydrogen) atoms. The molecule has 2 fully saturated rings. The number of hydrogen-bond acceptors (Lipinski definition) is 4. The molecule has 0 saturated carbocycles. The van der Waals surface area contributed by atoms with E-state index in [1.807, 2.05) is 62.9 Å². The van der Waals surface area contributed by atoms with Gasteiger partial charge in [0.2, 0.25) is 0 Å². The van der Waals surface area contributed by atoms with E-state index in [0.29, 0.717) is 13.0 Å². The lowest BCUT2D eigenvalue weighted by Crippen LogP contribution is -2.55. The first-order chi connectivity index (χ1) is 14.7. The molecule has 3 atom stereocenters. The molecule has 180 valence electrons. The maximum atomic E-state index is 12.7. The number of aliphatic hydroxyl groups is 1. The monoisotopic (exact) mass is 558 g/mol. The summed E-state index contributed by atoms with van der Waals surface area (Å²) >= 11 is 0. The third-order valence-corrected chi connectivity index (χ3v) is 5.80. The Morgan fingerprint density at radius 2 is 1.84 bits per heavy atom. The predicted molar refractivity (Wildman–Crippen MR) is 139 cm³/mol. The number of fused-ring (bicyclic) bond motifs is 2. The highest BCUT2D eigenvalue weighted by Gasteiger charge is 2.45. The molecule has 0 spiro atoms. The van der Waals surface area contributed by atoms with Crippen LogP contribution in [0.4, 0.5) is 4.79 Å². The molecule has 3 rings (SSSR count). The number of nitrogens with zero attached hydrogens (tertiary/aromatic N) is 2. The number of piperidine rings is 1. The Bertz CT molecular complexity index is 739. The molecule has 3 N–H and O–H groups in total. The summed E-state index contributed by atoms with van der Waals surface area (Å²) in [6.45, 7) is 8.86. The average Bonchev–Trinajstić information content (AvgIpc) is 2.97. The zero-order valence-electron chi connectivity index (χ0n) is 19.7. The second kappa shape index (κ2) is 12.1. The number of halogens is 1. The van der Waals surface area contributed by atoms with Gasteiger partial charge in [-0.25, -0.2) is 4.79 Å². The standard InChI is InChI=1S/C24H38N4O3.HI/c1-5-25-22(26-16-21(29)13-17-9-7-6-8-10-17)27-18-14-19-11-12-20(15-18)28(19)23(30)31-24(2,3)4;/h6-10,18-21,29H,5,11-16H2,1-4H3,(H2,25,26,27);1H. The van der Waals surface area contributed by atoms with Crippen molar-refractivity contribution in [3.05, 3.63) is 35.9 Å². The third kappa shape index (κ3) is 7.79. The summed E-state index contributed by atoms with van der Waals surface area (Å²) in [6.07, 6.45) is 3.67. The van der Waals surface area contributed by atoms with E-state index in [4.69, 9.17) is 4.74 Å². The predicted octanol–water partition coefficient (Wildman–Crippen LogP) is 3.69. The van der Waals surface area contributed by atoms with Gasteiger partial charge in [-0.1, -0.05) is 30.3 Å². The first-order valence-electron chi connectivity index (χ1n) is 11.5. The van der Waals surface area contributed by atoms with Gasteiger partial charge in [-0.2, -0.15) is 0 Å². The van der Waals surface area contributed by atoms with Crippen LogP contribution in [0.1, 0.15) is 58.9 Å². The number of guanidine groups is 1. The van der Waals surface area contributed by atoms with E-state index in [1.54, 1.807) is 0 Å². The fourth-order valence-electron chi connectivity index (χ4n) is 4.57. The normalized spacial score (nSPS) is 23.8. The second-order valence-electron chi connectivity index (χ2n) is 9.65. The number of rotatable bonds is 6. The van der Waals surface area contributed by atoms with Gasteiger partial charge in [0, 0.05) is 31.1 Å². The largest absolute Gasteiger partial charge is 0.444 e. The highest BCUT2D eigenvalue weighted by molar-refractivity contribution is 14.0. The number of benzene rings is 1. The lowest BCUT2D eigenvalue weighted by molar-refractivity contribution is 0.00544. The summed E-state index contributed by atoms with van der Waals surface area (Å²) < 4.78 is 5.63. The van der Waals surface area contributed by atoms with Crippen molar-refractivity contribution in [1.29, 1.82) is 0 Å². The number of carbonyl (C=O) groups excluding carboxylic acids is 1. The maximum Gasteiger partial charge on any atom is 0.410 e. The van der Waals surface area contributed by atoms with E-state index in [0.717, 1.165) is 43.8 Å². The van der Waals surface area contributed by atoms with Crippen LogP contribution < -0.4 is 10.6 Å². The fraction of sp³-hybridized carbons (Fsp3) is 0.667. The molecule has 0 aliphatic carbocycles. The summed E-state index contributed by atoms with van der Waals surface area (Å²) in [5.41, 5.74) is 0.631. The summed E-state index contributed by atoms with van der Waals surface area (Å²) in [6, 6.07) is 10.6. The number of ether oxygens (including phenoxy) is 1. The molecule has 1 aromatic carbocycles. The first-order valence-corrected chi connectivity index (χ1v) is 11.5. The number of aliphatic hydroxyl groups excluding tert-OH is 1. The maximum absolute atomic E-state index is 12.7. The Morgan fingerprint density at radius 1 is 1.22 bits per heavy atom.